The Morgan fingerprint density at radius 1 is 1.50 bits per heavy atom. The molecule has 0 aliphatic carbocycles. The molecule has 1 atom stereocenters. The third kappa shape index (κ3) is 2.71. The summed E-state index contributed by atoms with van der Waals surface area (Å²) in [7, 11) is 0. The fourth-order valence-corrected chi connectivity index (χ4v) is 1.89. The number of hydrogen-bond acceptors (Lipinski definition) is 4. The number of hydrogen-bond donors (Lipinski definition) is 4. The van der Waals surface area contributed by atoms with E-state index in [-0.39, 0.29) is 17.5 Å². The lowest BCUT2D eigenvalue weighted by Gasteiger charge is -2.25. The SMILES string of the molecule is Nc1ccc(C(=O)O)cc1NC1CCC(=O)NC1. The molecule has 1 aliphatic rings. The molecule has 5 N–H and O–H groups in total. The van der Waals surface area contributed by atoms with E-state index in [1.807, 2.05) is 0 Å². The van der Waals surface area contributed by atoms with Crippen molar-refractivity contribution in [3.05, 3.63) is 23.8 Å². The summed E-state index contributed by atoms with van der Waals surface area (Å²) in [4.78, 5) is 21.9. The van der Waals surface area contributed by atoms with E-state index in [1.165, 1.54) is 12.1 Å². The van der Waals surface area contributed by atoms with Crippen LogP contribution in [-0.4, -0.2) is 29.6 Å². The maximum absolute atomic E-state index is 11.0. The number of carbonyl (C=O) groups is 2. The first-order chi connectivity index (χ1) is 8.56. The number of anilines is 2. The van der Waals surface area contributed by atoms with Crippen LogP contribution in [0.5, 0.6) is 0 Å². The van der Waals surface area contributed by atoms with Crippen LogP contribution in [0.25, 0.3) is 0 Å². The van der Waals surface area contributed by atoms with E-state index < -0.39 is 5.97 Å². The maximum atomic E-state index is 11.0. The molecule has 1 aromatic carbocycles. The molecule has 1 unspecified atom stereocenters. The van der Waals surface area contributed by atoms with Gasteiger partial charge in [0.05, 0.1) is 16.9 Å². The zero-order valence-corrected chi connectivity index (χ0v) is 9.77. The van der Waals surface area contributed by atoms with Crippen LogP contribution in [0.3, 0.4) is 0 Å². The standard InChI is InChI=1S/C12H15N3O3/c13-9-3-1-7(12(17)18)5-10(9)15-8-2-4-11(16)14-6-8/h1,3,5,8,15H,2,4,6,13H2,(H,14,16)(H,17,18). The van der Waals surface area contributed by atoms with Gasteiger partial charge < -0.3 is 21.5 Å². The van der Waals surface area contributed by atoms with Crippen LogP contribution < -0.4 is 16.4 Å². The van der Waals surface area contributed by atoms with Crippen molar-refractivity contribution in [3.8, 4) is 0 Å². The van der Waals surface area contributed by atoms with Gasteiger partial charge in [-0.1, -0.05) is 0 Å². The summed E-state index contributed by atoms with van der Waals surface area (Å²) in [6.07, 6.45) is 1.18. The normalized spacial score (nSPS) is 19.1. The number of carboxylic acids is 1. The van der Waals surface area contributed by atoms with Gasteiger partial charge in [0.15, 0.2) is 0 Å². The van der Waals surface area contributed by atoms with Gasteiger partial charge in [-0.25, -0.2) is 4.79 Å². The highest BCUT2D eigenvalue weighted by Crippen LogP contribution is 2.22. The van der Waals surface area contributed by atoms with E-state index in [4.69, 9.17) is 10.8 Å². The highest BCUT2D eigenvalue weighted by atomic mass is 16.4. The average Bonchev–Trinajstić information content (AvgIpc) is 2.34. The summed E-state index contributed by atoms with van der Waals surface area (Å²) in [5.41, 5.74) is 7.07. The topological polar surface area (TPSA) is 104 Å². The van der Waals surface area contributed by atoms with Crippen LogP contribution in [0, 0.1) is 0 Å². The van der Waals surface area contributed by atoms with Crippen LogP contribution >= 0.6 is 0 Å². The third-order valence-electron chi connectivity index (χ3n) is 2.93. The highest BCUT2D eigenvalue weighted by Gasteiger charge is 2.18. The number of amides is 1. The van der Waals surface area contributed by atoms with Gasteiger partial charge in [-0.2, -0.15) is 0 Å². The van der Waals surface area contributed by atoms with Crippen LogP contribution in [0.15, 0.2) is 18.2 Å². The lowest BCUT2D eigenvalue weighted by Crippen LogP contribution is -2.42. The number of rotatable bonds is 3. The number of aromatic carboxylic acids is 1. The monoisotopic (exact) mass is 249 g/mol. The van der Waals surface area contributed by atoms with Gasteiger partial charge in [0.25, 0.3) is 0 Å². The minimum absolute atomic E-state index is 0.0420. The summed E-state index contributed by atoms with van der Waals surface area (Å²) >= 11 is 0. The van der Waals surface area contributed by atoms with Gasteiger partial charge >= 0.3 is 5.97 Å². The van der Waals surface area contributed by atoms with Crippen molar-refractivity contribution in [2.45, 2.75) is 18.9 Å². The number of nitrogens with one attached hydrogen (secondary N) is 2. The second kappa shape index (κ2) is 4.95. The zero-order valence-electron chi connectivity index (χ0n) is 9.77. The molecule has 0 radical (unpaired) electrons. The van der Waals surface area contributed by atoms with Crippen molar-refractivity contribution in [2.75, 3.05) is 17.6 Å². The maximum Gasteiger partial charge on any atom is 0.335 e. The molecule has 1 amide bonds. The minimum atomic E-state index is -0.991. The van der Waals surface area contributed by atoms with Crippen molar-refractivity contribution < 1.29 is 14.7 Å². The quantitative estimate of drug-likeness (QED) is 0.589. The first kappa shape index (κ1) is 12.2. The Morgan fingerprint density at radius 3 is 2.89 bits per heavy atom. The molecule has 1 aliphatic heterocycles. The number of carboxylic acid groups (broad SMARTS) is 1. The van der Waals surface area contributed by atoms with Crippen molar-refractivity contribution in [3.63, 3.8) is 0 Å². The first-order valence-corrected chi connectivity index (χ1v) is 5.72. The van der Waals surface area contributed by atoms with E-state index in [0.717, 1.165) is 0 Å². The van der Waals surface area contributed by atoms with Gasteiger partial charge in [0.1, 0.15) is 0 Å². The Hall–Kier alpha value is -2.24. The number of nitrogen functional groups attached to an aromatic ring is 1. The molecule has 6 nitrogen and oxygen atoms in total. The molecular formula is C12H15N3O3. The Morgan fingerprint density at radius 2 is 2.28 bits per heavy atom. The number of piperidine rings is 1. The molecule has 1 saturated heterocycles. The fourth-order valence-electron chi connectivity index (χ4n) is 1.89. The summed E-state index contributed by atoms with van der Waals surface area (Å²) < 4.78 is 0. The van der Waals surface area contributed by atoms with E-state index in [9.17, 15) is 9.59 Å². The molecule has 0 aromatic heterocycles. The molecule has 96 valence electrons. The average molecular weight is 249 g/mol. The summed E-state index contributed by atoms with van der Waals surface area (Å²) in [6, 6.07) is 4.61. The highest BCUT2D eigenvalue weighted by molar-refractivity contribution is 5.90. The van der Waals surface area contributed by atoms with Gasteiger partial charge in [0, 0.05) is 19.0 Å². The zero-order chi connectivity index (χ0) is 13.1. The molecule has 0 spiro atoms. The van der Waals surface area contributed by atoms with Gasteiger partial charge in [-0.05, 0) is 24.6 Å². The van der Waals surface area contributed by atoms with Gasteiger partial charge in [-0.15, -0.1) is 0 Å². The summed E-state index contributed by atoms with van der Waals surface area (Å²) in [5, 5.41) is 14.8. The lowest BCUT2D eigenvalue weighted by molar-refractivity contribution is -0.122. The second-order valence-corrected chi connectivity index (χ2v) is 4.29. The predicted octanol–water partition coefficient (Wildman–Crippen LogP) is 0.657. The first-order valence-electron chi connectivity index (χ1n) is 5.72. The molecule has 6 heteroatoms. The third-order valence-corrected chi connectivity index (χ3v) is 2.93. The molecule has 18 heavy (non-hydrogen) atoms. The molecular weight excluding hydrogens is 234 g/mol. The number of carbonyl (C=O) groups excluding carboxylic acids is 1. The van der Waals surface area contributed by atoms with Gasteiger partial charge in [-0.3, -0.25) is 4.79 Å². The Kier molecular flexibility index (Phi) is 3.36. The second-order valence-electron chi connectivity index (χ2n) is 4.29. The molecule has 2 rings (SSSR count). The summed E-state index contributed by atoms with van der Waals surface area (Å²) in [6.45, 7) is 0.523. The Balaban J connectivity index is 2.10. The fraction of sp³-hybridized carbons (Fsp3) is 0.333. The van der Waals surface area contributed by atoms with E-state index in [1.54, 1.807) is 6.07 Å². The molecule has 1 aromatic rings. The largest absolute Gasteiger partial charge is 0.478 e. The van der Waals surface area contributed by atoms with Crippen molar-refractivity contribution in [1.29, 1.82) is 0 Å². The minimum Gasteiger partial charge on any atom is -0.478 e. The Bertz CT molecular complexity index is 477. The predicted molar refractivity (Wildman–Crippen MR) is 67.5 cm³/mol. The number of nitrogens with two attached hydrogens (primary N) is 1. The smallest absolute Gasteiger partial charge is 0.335 e. The molecule has 1 fully saturated rings. The van der Waals surface area contributed by atoms with Crippen LogP contribution in [-0.2, 0) is 4.79 Å². The van der Waals surface area contributed by atoms with Crippen LogP contribution in [0.1, 0.15) is 23.2 Å². The lowest BCUT2D eigenvalue weighted by atomic mass is 10.1. The van der Waals surface area contributed by atoms with Crippen molar-refractivity contribution in [1.82, 2.24) is 5.32 Å². The van der Waals surface area contributed by atoms with E-state index in [2.05, 4.69) is 10.6 Å². The van der Waals surface area contributed by atoms with Gasteiger partial charge in [0.2, 0.25) is 5.91 Å². The summed E-state index contributed by atoms with van der Waals surface area (Å²) in [5.74, 6) is -0.949. The number of benzene rings is 1. The molecule has 0 saturated carbocycles. The van der Waals surface area contributed by atoms with E-state index in [0.29, 0.717) is 30.8 Å². The van der Waals surface area contributed by atoms with Crippen molar-refractivity contribution in [2.24, 2.45) is 0 Å². The molecule has 0 bridgehead atoms. The molecule has 1 heterocycles. The van der Waals surface area contributed by atoms with Crippen LogP contribution in [0.2, 0.25) is 0 Å². The van der Waals surface area contributed by atoms with Crippen LogP contribution in [0.4, 0.5) is 11.4 Å². The van der Waals surface area contributed by atoms with E-state index >= 15 is 0 Å². The van der Waals surface area contributed by atoms with Crippen molar-refractivity contribution >= 4 is 23.3 Å². The Labute approximate surface area is 104 Å².